The Balaban J connectivity index is 2.67. The van der Waals surface area contributed by atoms with Crippen LogP contribution in [0, 0.1) is 0 Å². The fraction of sp³-hybridized carbons (Fsp3) is 0. The lowest BCUT2D eigenvalue weighted by atomic mass is 10.3. The highest BCUT2D eigenvalue weighted by Gasteiger charge is 2.23. The van der Waals surface area contributed by atoms with Gasteiger partial charge in [-0.2, -0.15) is 0 Å². The Hall–Kier alpha value is 0.270. The summed E-state index contributed by atoms with van der Waals surface area (Å²) < 4.78 is 5.63. The Morgan fingerprint density at radius 2 is 1.15 bits per heavy atom. The maximum absolute atomic E-state index is 6.21. The van der Waals surface area contributed by atoms with Crippen molar-refractivity contribution in [1.29, 1.82) is 0 Å². The molecule has 8 heteroatoms. The first kappa shape index (κ1) is 15.2. The van der Waals surface area contributed by atoms with E-state index in [1.165, 1.54) is 0 Å². The summed E-state index contributed by atoms with van der Waals surface area (Å²) in [5, 5.41) is 2.28. The number of hydrogen-bond acceptors (Lipinski definition) is 1. The highest BCUT2D eigenvalue weighted by Crippen LogP contribution is 2.49. The molecule has 3 aromatic rings. The molecule has 1 nitrogen and oxygen atoms in total. The lowest BCUT2D eigenvalue weighted by molar-refractivity contribution is 0.669. The van der Waals surface area contributed by atoms with Gasteiger partial charge in [-0.15, -0.1) is 0 Å². The smallest absolute Gasteiger partial charge is 0.157 e. The molecule has 0 aliphatic carbocycles. The molecule has 0 amide bonds. The van der Waals surface area contributed by atoms with Crippen LogP contribution in [0.5, 0.6) is 0 Å². The van der Waals surface area contributed by atoms with Gasteiger partial charge < -0.3 is 4.42 Å². The summed E-state index contributed by atoms with van der Waals surface area (Å²) >= 11 is 42.5. The SMILES string of the molecule is Clc1cc2c(o[13c]3[13c](Cl)[13c](Cl)[13c](Cl)[13c](Cl)[13c]23)c(Cl)c1Cl. The minimum absolute atomic E-state index is 0.109. The maximum atomic E-state index is 6.21. The number of rotatable bonds is 0. The molecule has 0 unspecified atom stereocenters. The Labute approximate surface area is 148 Å². The van der Waals surface area contributed by atoms with Crippen molar-refractivity contribution < 1.29 is 4.42 Å². The quantitative estimate of drug-likeness (QED) is 0.267. The Morgan fingerprint density at radius 3 is 1.80 bits per heavy atom. The molecular weight excluding hydrogens is 414 g/mol. The molecule has 20 heavy (non-hydrogen) atoms. The van der Waals surface area contributed by atoms with Gasteiger partial charge in [-0.05, 0) is 6.07 Å². The van der Waals surface area contributed by atoms with Gasteiger partial charge in [-0.1, -0.05) is 81.2 Å². The lowest BCUT2D eigenvalue weighted by Gasteiger charge is -2.03. The molecule has 0 saturated heterocycles. The molecule has 0 aliphatic rings. The van der Waals surface area contributed by atoms with Gasteiger partial charge in [0.05, 0.1) is 30.5 Å². The molecule has 0 atom stereocenters. The molecular formula is C12HCl7O. The number of fused-ring (bicyclic) bond motifs is 3. The van der Waals surface area contributed by atoms with Crippen LogP contribution in [0.1, 0.15) is 0 Å². The van der Waals surface area contributed by atoms with Gasteiger partial charge in [0, 0.05) is 5.39 Å². The largest absolute Gasteiger partial charge is 0.453 e. The van der Waals surface area contributed by atoms with Crippen LogP contribution in [-0.4, -0.2) is 0 Å². The van der Waals surface area contributed by atoms with Crippen molar-refractivity contribution in [2.75, 3.05) is 0 Å². The van der Waals surface area contributed by atoms with Crippen molar-refractivity contribution >= 4 is 103 Å². The van der Waals surface area contributed by atoms with Gasteiger partial charge in [-0.3, -0.25) is 0 Å². The maximum Gasteiger partial charge on any atom is 0.157 e. The first-order valence-electron chi connectivity index (χ1n) is 5.06. The molecule has 0 fully saturated rings. The molecule has 0 radical (unpaired) electrons. The normalized spacial score (nSPS) is 11.8. The fourth-order valence-electron chi connectivity index (χ4n) is 1.91. The molecule has 0 N–H and O–H groups in total. The lowest BCUT2D eigenvalue weighted by Crippen LogP contribution is -1.78. The topological polar surface area (TPSA) is 13.1 Å². The van der Waals surface area contributed by atoms with E-state index in [0.717, 1.165) is 0 Å². The average Bonchev–Trinajstić information content (AvgIpc) is 2.80. The summed E-state index contributed by atoms with van der Waals surface area (Å²) in [5.74, 6) is 0. The highest BCUT2D eigenvalue weighted by molar-refractivity contribution is 6.57. The zero-order valence-electron chi connectivity index (χ0n) is 9.13. The van der Waals surface area contributed by atoms with Gasteiger partial charge in [0.25, 0.3) is 0 Å². The minimum atomic E-state index is 0.109. The van der Waals surface area contributed by atoms with Crippen LogP contribution in [0.3, 0.4) is 0 Å². The molecule has 0 bridgehead atoms. The number of halogens is 7. The second-order valence-corrected chi connectivity index (χ2v) is 6.60. The van der Waals surface area contributed by atoms with Crippen molar-refractivity contribution in [1.82, 2.24) is 0 Å². The fourth-order valence-corrected chi connectivity index (χ4v) is 3.52. The standard InChI is InChI=1S/C12HCl7O/c13-3-1-2-4-6(15)7(16)8(17)10(19)12(4)20-11(2)9(18)5(3)14/h1H/i4+1,6+1,7+1,8+1,10+1,12+1. The summed E-state index contributed by atoms with van der Waals surface area (Å²) in [6, 6.07) is 1.59. The van der Waals surface area contributed by atoms with Crippen LogP contribution in [0.15, 0.2) is 10.5 Å². The zero-order valence-corrected chi connectivity index (χ0v) is 14.4. The molecule has 0 spiro atoms. The summed E-state index contributed by atoms with van der Waals surface area (Å²) in [4.78, 5) is 0. The molecule has 1 aromatic heterocycles. The Morgan fingerprint density at radius 1 is 0.600 bits per heavy atom. The van der Waals surface area contributed by atoms with Crippen molar-refractivity contribution in [3.8, 4) is 0 Å². The molecule has 0 aliphatic heterocycles. The monoisotopic (exact) mass is 412 g/mol. The van der Waals surface area contributed by atoms with E-state index in [4.69, 9.17) is 85.6 Å². The minimum Gasteiger partial charge on any atom is -0.453 e. The van der Waals surface area contributed by atoms with E-state index in [9.17, 15) is 0 Å². The molecule has 3 rings (SSSR count). The zero-order chi connectivity index (χ0) is 14.8. The van der Waals surface area contributed by atoms with E-state index >= 15 is 0 Å². The van der Waals surface area contributed by atoms with Gasteiger partial charge in [0.2, 0.25) is 0 Å². The second kappa shape index (κ2) is 5.17. The molecule has 1 heterocycles. The second-order valence-electron chi connectivity index (χ2n) is 3.93. The van der Waals surface area contributed by atoms with E-state index < -0.39 is 0 Å². The number of furan rings is 1. The summed E-state index contributed by atoms with van der Waals surface area (Å²) in [7, 11) is 0. The van der Waals surface area contributed by atoms with Gasteiger partial charge in [-0.25, -0.2) is 0 Å². The van der Waals surface area contributed by atoms with Crippen molar-refractivity contribution in [3.05, 3.63) is 41.2 Å². The van der Waals surface area contributed by atoms with Gasteiger partial charge in [0.15, 0.2) is 11.2 Å². The van der Waals surface area contributed by atoms with Gasteiger partial charge in [0.1, 0.15) is 10.0 Å². The molecule has 104 valence electrons. The third kappa shape index (κ3) is 1.99. The van der Waals surface area contributed by atoms with Crippen LogP contribution in [0.4, 0.5) is 0 Å². The van der Waals surface area contributed by atoms with E-state index in [1.54, 1.807) is 6.07 Å². The predicted octanol–water partition coefficient (Wildman–Crippen LogP) is 8.16. The predicted molar refractivity (Wildman–Crippen MR) is 88.8 cm³/mol. The summed E-state index contributed by atoms with van der Waals surface area (Å²) in [6.45, 7) is 0. The Kier molecular flexibility index (Phi) is 3.92. The molecule has 0 saturated carbocycles. The van der Waals surface area contributed by atoms with E-state index in [0.29, 0.717) is 16.4 Å². The van der Waals surface area contributed by atoms with Crippen LogP contribution < -0.4 is 0 Å². The summed E-state index contributed by atoms with van der Waals surface area (Å²) in [5.41, 5.74) is 0.597. The Bertz CT molecular complexity index is 881. The number of benzene rings is 2. The summed E-state index contributed by atoms with van der Waals surface area (Å²) in [6.07, 6.45) is 0. The van der Waals surface area contributed by atoms with Crippen molar-refractivity contribution in [2.24, 2.45) is 0 Å². The number of hydrogen-bond donors (Lipinski definition) is 0. The highest BCUT2D eigenvalue weighted by atomic mass is 35.5. The van der Waals surface area contributed by atoms with Crippen LogP contribution in [0.2, 0.25) is 35.2 Å². The van der Waals surface area contributed by atoms with Gasteiger partial charge >= 0.3 is 0 Å². The van der Waals surface area contributed by atoms with Crippen LogP contribution >= 0.6 is 81.2 Å². The average molecular weight is 415 g/mol. The molecule has 2 aromatic carbocycles. The third-order valence-electron chi connectivity index (χ3n) is 2.81. The van der Waals surface area contributed by atoms with E-state index in [2.05, 4.69) is 0 Å². The first-order chi connectivity index (χ1) is 9.34. The van der Waals surface area contributed by atoms with E-state index in [1.807, 2.05) is 0 Å². The van der Waals surface area contributed by atoms with Crippen LogP contribution in [0.25, 0.3) is 21.9 Å². The third-order valence-corrected chi connectivity index (χ3v) is 5.84. The first-order valence-corrected chi connectivity index (χ1v) is 7.70. The van der Waals surface area contributed by atoms with Crippen molar-refractivity contribution in [2.45, 2.75) is 0 Å². The van der Waals surface area contributed by atoms with E-state index in [-0.39, 0.29) is 40.7 Å². The van der Waals surface area contributed by atoms with Crippen molar-refractivity contribution in [3.63, 3.8) is 0 Å². The van der Waals surface area contributed by atoms with Crippen LogP contribution in [-0.2, 0) is 0 Å².